The van der Waals surface area contributed by atoms with Crippen molar-refractivity contribution < 1.29 is 5.11 Å². The van der Waals surface area contributed by atoms with Gasteiger partial charge >= 0.3 is 0 Å². The number of nitrogens with one attached hydrogen (secondary N) is 2. The van der Waals surface area contributed by atoms with Gasteiger partial charge in [0.05, 0.1) is 18.5 Å². The summed E-state index contributed by atoms with van der Waals surface area (Å²) < 4.78 is 0. The Morgan fingerprint density at radius 2 is 2.29 bits per heavy atom. The zero-order valence-corrected chi connectivity index (χ0v) is 9.83. The van der Waals surface area contributed by atoms with Crippen molar-refractivity contribution in [2.45, 2.75) is 24.8 Å². The largest absolute Gasteiger partial charge is 0.394 e. The Morgan fingerprint density at radius 1 is 1.47 bits per heavy atom. The van der Waals surface area contributed by atoms with E-state index in [-0.39, 0.29) is 17.4 Å². The Hall–Kier alpha value is -1.40. The lowest BCUT2D eigenvalue weighted by molar-refractivity contribution is 0.144. The van der Waals surface area contributed by atoms with Crippen LogP contribution >= 0.6 is 11.6 Å². The molecule has 0 amide bonds. The molecule has 0 spiro atoms. The van der Waals surface area contributed by atoms with Crippen LogP contribution in [0.25, 0.3) is 11.2 Å². The number of nitrogens with zero attached hydrogens (tertiary/aromatic N) is 3. The van der Waals surface area contributed by atoms with Gasteiger partial charge in [-0.15, -0.1) is 0 Å². The molecule has 0 unspecified atom stereocenters. The molecule has 0 radical (unpaired) electrons. The molecule has 0 bridgehead atoms. The topological polar surface area (TPSA) is 86.7 Å². The molecule has 90 valence electrons. The van der Waals surface area contributed by atoms with Crippen LogP contribution in [0.3, 0.4) is 0 Å². The Morgan fingerprint density at radius 3 is 2.94 bits per heavy atom. The highest BCUT2D eigenvalue weighted by molar-refractivity contribution is 6.28. The molecule has 1 saturated carbocycles. The van der Waals surface area contributed by atoms with E-state index in [1.54, 1.807) is 6.33 Å². The highest BCUT2D eigenvalue weighted by Crippen LogP contribution is 2.35. The Labute approximate surface area is 102 Å². The number of hydrogen-bond acceptors (Lipinski definition) is 5. The van der Waals surface area contributed by atoms with Crippen LogP contribution in [-0.4, -0.2) is 37.2 Å². The van der Waals surface area contributed by atoms with Gasteiger partial charge in [-0.25, -0.2) is 4.98 Å². The lowest BCUT2D eigenvalue weighted by Crippen LogP contribution is -2.48. The van der Waals surface area contributed by atoms with Crippen LogP contribution in [0.2, 0.25) is 5.28 Å². The molecule has 2 aromatic rings. The first-order valence-electron chi connectivity index (χ1n) is 5.48. The molecular formula is C10H12ClN5O. The number of aliphatic hydroxyl groups excluding tert-OH is 1. The summed E-state index contributed by atoms with van der Waals surface area (Å²) in [5.41, 5.74) is 0.976. The molecule has 2 heterocycles. The van der Waals surface area contributed by atoms with E-state index in [1.807, 2.05) is 0 Å². The molecule has 1 aliphatic rings. The third-order valence-electron chi connectivity index (χ3n) is 3.26. The number of halogens is 1. The molecule has 3 N–H and O–H groups in total. The van der Waals surface area contributed by atoms with Crippen molar-refractivity contribution in [2.24, 2.45) is 0 Å². The number of imidazole rings is 1. The van der Waals surface area contributed by atoms with Crippen molar-refractivity contribution in [3.8, 4) is 0 Å². The Kier molecular flexibility index (Phi) is 2.41. The van der Waals surface area contributed by atoms with Crippen molar-refractivity contribution in [3.05, 3.63) is 11.6 Å². The van der Waals surface area contributed by atoms with Crippen molar-refractivity contribution in [1.29, 1.82) is 0 Å². The van der Waals surface area contributed by atoms with E-state index in [4.69, 9.17) is 11.6 Å². The van der Waals surface area contributed by atoms with Gasteiger partial charge in [0.25, 0.3) is 0 Å². The zero-order chi connectivity index (χ0) is 11.9. The maximum absolute atomic E-state index is 9.43. The highest BCUT2D eigenvalue weighted by Gasteiger charge is 2.37. The highest BCUT2D eigenvalue weighted by atomic mass is 35.5. The predicted octanol–water partition coefficient (Wildman–Crippen LogP) is 1.33. The summed E-state index contributed by atoms with van der Waals surface area (Å²) in [5.74, 6) is 0.603. The maximum atomic E-state index is 9.43. The molecular weight excluding hydrogens is 242 g/mol. The van der Waals surface area contributed by atoms with Crippen LogP contribution in [0.15, 0.2) is 6.33 Å². The minimum absolute atomic E-state index is 0.0876. The summed E-state index contributed by atoms with van der Waals surface area (Å²) in [5, 5.41) is 12.8. The molecule has 1 fully saturated rings. The monoisotopic (exact) mass is 253 g/mol. The molecule has 7 heteroatoms. The molecule has 17 heavy (non-hydrogen) atoms. The van der Waals surface area contributed by atoms with Crippen LogP contribution in [0.5, 0.6) is 0 Å². The van der Waals surface area contributed by atoms with Gasteiger partial charge in [0.2, 0.25) is 5.28 Å². The van der Waals surface area contributed by atoms with Gasteiger partial charge in [0.15, 0.2) is 11.5 Å². The number of rotatable bonds is 3. The number of H-pyrrole nitrogens is 1. The normalized spacial score (nSPS) is 18.0. The number of aromatic amines is 1. The fourth-order valence-electron chi connectivity index (χ4n) is 2.07. The molecule has 0 aliphatic heterocycles. The summed E-state index contributed by atoms with van der Waals surface area (Å²) in [6.45, 7) is 0.0876. The molecule has 0 aromatic carbocycles. The van der Waals surface area contributed by atoms with Crippen molar-refractivity contribution in [2.75, 3.05) is 11.9 Å². The first-order chi connectivity index (χ1) is 8.22. The van der Waals surface area contributed by atoms with Crippen LogP contribution < -0.4 is 5.32 Å². The summed E-state index contributed by atoms with van der Waals surface area (Å²) in [4.78, 5) is 15.2. The van der Waals surface area contributed by atoms with E-state index < -0.39 is 0 Å². The van der Waals surface area contributed by atoms with Crippen LogP contribution in [0.1, 0.15) is 19.3 Å². The second-order valence-electron chi connectivity index (χ2n) is 4.36. The van der Waals surface area contributed by atoms with Gasteiger partial charge in [-0.1, -0.05) is 0 Å². The van der Waals surface area contributed by atoms with E-state index in [9.17, 15) is 5.11 Å². The molecule has 0 atom stereocenters. The molecule has 1 aliphatic carbocycles. The number of anilines is 1. The van der Waals surface area contributed by atoms with E-state index >= 15 is 0 Å². The number of hydrogen-bond donors (Lipinski definition) is 3. The first-order valence-corrected chi connectivity index (χ1v) is 5.86. The van der Waals surface area contributed by atoms with Crippen LogP contribution in [0.4, 0.5) is 5.82 Å². The fraction of sp³-hybridized carbons (Fsp3) is 0.500. The summed E-state index contributed by atoms with van der Waals surface area (Å²) in [6.07, 6.45) is 4.52. The smallest absolute Gasteiger partial charge is 0.226 e. The van der Waals surface area contributed by atoms with E-state index in [0.717, 1.165) is 19.3 Å². The number of aliphatic hydroxyl groups is 1. The number of aromatic nitrogens is 4. The quantitative estimate of drug-likeness (QED) is 0.719. The predicted molar refractivity (Wildman–Crippen MR) is 64.0 cm³/mol. The standard InChI is InChI=1S/C10H12ClN5O/c11-9-14-7-6(12-5-13-7)8(15-9)16-10(4-17)2-1-3-10/h5,17H,1-4H2,(H2,12,13,14,15,16). The Balaban J connectivity index is 2.01. The summed E-state index contributed by atoms with van der Waals surface area (Å²) in [7, 11) is 0. The average molecular weight is 254 g/mol. The minimum atomic E-state index is -0.268. The SMILES string of the molecule is OCC1(Nc2nc(Cl)nc3nc[nH]c23)CCC1. The maximum Gasteiger partial charge on any atom is 0.226 e. The minimum Gasteiger partial charge on any atom is -0.394 e. The second-order valence-corrected chi connectivity index (χ2v) is 4.70. The van der Waals surface area contributed by atoms with Crippen molar-refractivity contribution in [1.82, 2.24) is 19.9 Å². The second kappa shape index (κ2) is 3.82. The summed E-state index contributed by atoms with van der Waals surface area (Å²) in [6, 6.07) is 0. The van der Waals surface area contributed by atoms with Gasteiger partial charge in [-0.3, -0.25) is 0 Å². The summed E-state index contributed by atoms with van der Waals surface area (Å²) >= 11 is 5.84. The average Bonchev–Trinajstić information content (AvgIpc) is 2.71. The van der Waals surface area contributed by atoms with Gasteiger partial charge in [-0.05, 0) is 30.9 Å². The van der Waals surface area contributed by atoms with E-state index in [0.29, 0.717) is 17.0 Å². The van der Waals surface area contributed by atoms with Crippen molar-refractivity contribution >= 4 is 28.6 Å². The van der Waals surface area contributed by atoms with Crippen LogP contribution in [0, 0.1) is 0 Å². The third-order valence-corrected chi connectivity index (χ3v) is 3.42. The van der Waals surface area contributed by atoms with E-state index in [2.05, 4.69) is 25.3 Å². The lowest BCUT2D eigenvalue weighted by atomic mass is 9.77. The molecule has 2 aromatic heterocycles. The zero-order valence-electron chi connectivity index (χ0n) is 9.07. The molecule has 6 nitrogen and oxygen atoms in total. The van der Waals surface area contributed by atoms with Crippen LogP contribution in [-0.2, 0) is 0 Å². The lowest BCUT2D eigenvalue weighted by Gasteiger charge is -2.41. The number of fused-ring (bicyclic) bond motifs is 1. The van der Waals surface area contributed by atoms with Gasteiger partial charge < -0.3 is 15.4 Å². The van der Waals surface area contributed by atoms with Gasteiger partial charge in [-0.2, -0.15) is 9.97 Å². The first kappa shape index (κ1) is 10.7. The van der Waals surface area contributed by atoms with E-state index in [1.165, 1.54) is 0 Å². The fourth-order valence-corrected chi connectivity index (χ4v) is 2.24. The third kappa shape index (κ3) is 1.73. The van der Waals surface area contributed by atoms with Gasteiger partial charge in [0, 0.05) is 0 Å². The molecule has 0 saturated heterocycles. The molecule has 3 rings (SSSR count). The Bertz CT molecular complexity index is 545. The van der Waals surface area contributed by atoms with Gasteiger partial charge in [0.1, 0.15) is 5.52 Å². The van der Waals surface area contributed by atoms with Crippen molar-refractivity contribution in [3.63, 3.8) is 0 Å².